The van der Waals surface area contributed by atoms with E-state index in [4.69, 9.17) is 18.9 Å². The van der Waals surface area contributed by atoms with Crippen molar-refractivity contribution in [3.8, 4) is 5.75 Å². The first-order valence-corrected chi connectivity index (χ1v) is 11.7. The largest absolute Gasteiger partial charge is 0.497 e. The number of hydrogen-bond acceptors (Lipinski definition) is 7. The van der Waals surface area contributed by atoms with Crippen molar-refractivity contribution in [1.29, 1.82) is 0 Å². The molecule has 1 aliphatic rings. The van der Waals surface area contributed by atoms with Crippen LogP contribution in [0.25, 0.3) is 0 Å². The van der Waals surface area contributed by atoms with Gasteiger partial charge in [0.25, 0.3) is 0 Å². The Balaban J connectivity index is 1.49. The summed E-state index contributed by atoms with van der Waals surface area (Å²) in [7, 11) is 1.59. The van der Waals surface area contributed by atoms with Gasteiger partial charge in [0.2, 0.25) is 0 Å². The molecule has 0 aliphatic heterocycles. The fraction of sp³-hybridized carbons (Fsp3) is 0.357. The molecule has 35 heavy (non-hydrogen) atoms. The lowest BCUT2D eigenvalue weighted by Gasteiger charge is -2.45. The maximum Gasteiger partial charge on any atom is 0.118 e. The van der Waals surface area contributed by atoms with E-state index in [0.29, 0.717) is 0 Å². The van der Waals surface area contributed by atoms with E-state index in [0.717, 1.165) is 22.4 Å². The molecule has 3 N–H and O–H groups in total. The van der Waals surface area contributed by atoms with Gasteiger partial charge >= 0.3 is 0 Å². The smallest absolute Gasteiger partial charge is 0.118 e. The molecule has 1 aliphatic carbocycles. The fourth-order valence-electron chi connectivity index (χ4n) is 4.20. The molecule has 7 heteroatoms. The Morgan fingerprint density at radius 1 is 0.514 bits per heavy atom. The van der Waals surface area contributed by atoms with Crippen LogP contribution in [0, 0.1) is 0 Å². The molecule has 0 aromatic heterocycles. The topological polar surface area (TPSA) is 97.6 Å². The van der Waals surface area contributed by atoms with Crippen molar-refractivity contribution < 1.29 is 34.3 Å². The second-order valence-electron chi connectivity index (χ2n) is 8.62. The number of rotatable bonds is 10. The number of aliphatic hydroxyl groups excluding tert-OH is 3. The van der Waals surface area contributed by atoms with Gasteiger partial charge < -0.3 is 34.3 Å². The standard InChI is InChI=1S/C28H32O7/c1-32-22-14-12-21(13-15-22)18-34-27-24(30)23(29)26(33-16-19-8-4-2-5-9-19)25(31)28(27)35-17-20-10-6-3-7-11-20/h2-15,23-31H,16-18H2,1H3/t23-,24-,25-,26+,27+,28-/m1/s1. The van der Waals surface area contributed by atoms with Crippen LogP contribution in [0.15, 0.2) is 84.9 Å². The molecule has 0 unspecified atom stereocenters. The Bertz CT molecular complexity index is 1010. The molecule has 0 saturated heterocycles. The molecule has 3 aromatic rings. The van der Waals surface area contributed by atoms with Gasteiger partial charge in [0, 0.05) is 0 Å². The minimum absolute atomic E-state index is 0.159. The van der Waals surface area contributed by atoms with Crippen LogP contribution >= 0.6 is 0 Å². The molecule has 0 bridgehead atoms. The predicted molar refractivity (Wildman–Crippen MR) is 130 cm³/mol. The Morgan fingerprint density at radius 2 is 0.914 bits per heavy atom. The Kier molecular flexibility index (Phi) is 8.87. The zero-order valence-corrected chi connectivity index (χ0v) is 19.6. The van der Waals surface area contributed by atoms with Crippen molar-refractivity contribution in [3.63, 3.8) is 0 Å². The molecule has 0 heterocycles. The van der Waals surface area contributed by atoms with Gasteiger partial charge in [0.15, 0.2) is 0 Å². The lowest BCUT2D eigenvalue weighted by atomic mass is 9.84. The first kappa shape index (κ1) is 25.3. The summed E-state index contributed by atoms with van der Waals surface area (Å²) < 4.78 is 23.1. The van der Waals surface area contributed by atoms with E-state index < -0.39 is 36.6 Å². The summed E-state index contributed by atoms with van der Waals surface area (Å²) in [6.07, 6.45) is -6.84. The molecular weight excluding hydrogens is 448 g/mol. The van der Waals surface area contributed by atoms with Crippen molar-refractivity contribution in [1.82, 2.24) is 0 Å². The van der Waals surface area contributed by atoms with E-state index in [1.807, 2.05) is 84.9 Å². The minimum Gasteiger partial charge on any atom is -0.497 e. The Hall–Kier alpha value is -2.78. The summed E-state index contributed by atoms with van der Waals surface area (Å²) in [5.74, 6) is 0.722. The highest BCUT2D eigenvalue weighted by Gasteiger charge is 2.51. The van der Waals surface area contributed by atoms with Crippen LogP contribution in [0.2, 0.25) is 0 Å². The lowest BCUT2D eigenvalue weighted by Crippen LogP contribution is -2.65. The number of hydrogen-bond donors (Lipinski definition) is 3. The summed E-state index contributed by atoms with van der Waals surface area (Å²) in [5, 5.41) is 33.0. The second-order valence-corrected chi connectivity index (χ2v) is 8.62. The molecule has 186 valence electrons. The van der Waals surface area contributed by atoms with Crippen molar-refractivity contribution in [3.05, 3.63) is 102 Å². The van der Waals surface area contributed by atoms with Crippen LogP contribution < -0.4 is 4.74 Å². The molecule has 4 rings (SSSR count). The van der Waals surface area contributed by atoms with Crippen LogP contribution in [-0.4, -0.2) is 59.1 Å². The second kappa shape index (κ2) is 12.3. The quantitative estimate of drug-likeness (QED) is 0.411. The summed E-state index contributed by atoms with van der Waals surface area (Å²) in [6.45, 7) is 0.542. The van der Waals surface area contributed by atoms with E-state index in [2.05, 4.69) is 0 Å². The highest BCUT2D eigenvalue weighted by atomic mass is 16.6. The maximum atomic E-state index is 11.2. The third kappa shape index (κ3) is 6.46. The van der Waals surface area contributed by atoms with Crippen molar-refractivity contribution in [2.75, 3.05) is 7.11 Å². The van der Waals surface area contributed by atoms with E-state index in [9.17, 15) is 15.3 Å². The van der Waals surface area contributed by atoms with Crippen LogP contribution in [0.4, 0.5) is 0 Å². The first-order valence-electron chi connectivity index (χ1n) is 11.7. The van der Waals surface area contributed by atoms with Gasteiger partial charge in [0.1, 0.15) is 42.4 Å². The summed E-state index contributed by atoms with van der Waals surface area (Å²) >= 11 is 0. The van der Waals surface area contributed by atoms with E-state index >= 15 is 0 Å². The monoisotopic (exact) mass is 480 g/mol. The van der Waals surface area contributed by atoms with Gasteiger partial charge in [-0.05, 0) is 28.8 Å². The molecule has 7 nitrogen and oxygen atoms in total. The van der Waals surface area contributed by atoms with Gasteiger partial charge in [-0.25, -0.2) is 0 Å². The number of ether oxygens (including phenoxy) is 4. The average Bonchev–Trinajstić information content (AvgIpc) is 2.91. The van der Waals surface area contributed by atoms with Gasteiger partial charge in [0.05, 0.1) is 26.9 Å². The lowest BCUT2D eigenvalue weighted by molar-refractivity contribution is -0.262. The number of benzene rings is 3. The van der Waals surface area contributed by atoms with E-state index in [1.165, 1.54) is 0 Å². The molecule has 1 saturated carbocycles. The Morgan fingerprint density at radius 3 is 1.40 bits per heavy atom. The van der Waals surface area contributed by atoms with Crippen molar-refractivity contribution >= 4 is 0 Å². The van der Waals surface area contributed by atoms with Crippen molar-refractivity contribution in [2.24, 2.45) is 0 Å². The highest BCUT2D eigenvalue weighted by Crippen LogP contribution is 2.30. The number of methoxy groups -OCH3 is 1. The van der Waals surface area contributed by atoms with Gasteiger partial charge in [-0.1, -0.05) is 72.8 Å². The van der Waals surface area contributed by atoms with Crippen LogP contribution in [-0.2, 0) is 34.0 Å². The zero-order valence-electron chi connectivity index (χ0n) is 19.6. The molecule has 0 amide bonds. The summed E-state index contributed by atoms with van der Waals surface area (Å²) in [5.41, 5.74) is 2.66. The Labute approximate surface area is 205 Å². The average molecular weight is 481 g/mol. The SMILES string of the molecule is COc1ccc(CO[C@H]2[C@H](O)[C@@H](O)[C@H](OCc3ccccc3)[C@@H](O)[C@H]2OCc2ccccc2)cc1. The predicted octanol–water partition coefficient (Wildman–Crippen LogP) is 2.85. The summed E-state index contributed by atoms with van der Waals surface area (Å²) in [6, 6.07) is 26.3. The molecule has 1 fully saturated rings. The first-order chi connectivity index (χ1) is 17.1. The molecule has 3 aromatic carbocycles. The maximum absolute atomic E-state index is 11.2. The van der Waals surface area contributed by atoms with E-state index in [1.54, 1.807) is 7.11 Å². The minimum atomic E-state index is -1.36. The fourth-order valence-corrected chi connectivity index (χ4v) is 4.20. The molecule has 0 radical (unpaired) electrons. The molecular formula is C28H32O7. The van der Waals surface area contributed by atoms with Gasteiger partial charge in [-0.2, -0.15) is 0 Å². The number of aliphatic hydroxyl groups is 3. The van der Waals surface area contributed by atoms with Crippen LogP contribution in [0.1, 0.15) is 16.7 Å². The normalized spacial score (nSPS) is 26.4. The highest BCUT2D eigenvalue weighted by molar-refractivity contribution is 5.26. The molecule has 6 atom stereocenters. The van der Waals surface area contributed by atoms with Crippen LogP contribution in [0.5, 0.6) is 5.75 Å². The van der Waals surface area contributed by atoms with Crippen molar-refractivity contribution in [2.45, 2.75) is 56.4 Å². The van der Waals surface area contributed by atoms with Crippen LogP contribution in [0.3, 0.4) is 0 Å². The molecule has 0 spiro atoms. The van der Waals surface area contributed by atoms with E-state index in [-0.39, 0.29) is 19.8 Å². The zero-order chi connectivity index (χ0) is 24.6. The summed E-state index contributed by atoms with van der Waals surface area (Å²) in [4.78, 5) is 0. The third-order valence-electron chi connectivity index (χ3n) is 6.19. The van der Waals surface area contributed by atoms with Gasteiger partial charge in [-0.15, -0.1) is 0 Å². The third-order valence-corrected chi connectivity index (χ3v) is 6.19. The van der Waals surface area contributed by atoms with Gasteiger partial charge in [-0.3, -0.25) is 0 Å².